The third kappa shape index (κ3) is 1.34. The minimum absolute atomic E-state index is 0.0950. The maximum absolute atomic E-state index is 8.83. The van der Waals surface area contributed by atoms with E-state index in [0.29, 0.717) is 17.1 Å². The molecule has 0 fully saturated rings. The molecule has 1 heterocycles. The zero-order valence-corrected chi connectivity index (χ0v) is 8.41. The lowest BCUT2D eigenvalue weighted by molar-refractivity contribution is 0.278. The number of nitrogens with zero attached hydrogens (tertiary/aromatic N) is 2. The second-order valence-electron chi connectivity index (χ2n) is 3.03. The minimum Gasteiger partial charge on any atom is -0.398 e. The molecular weight excluding hydrogens is 198 g/mol. The molecule has 3 N–H and O–H groups in total. The number of hydrogen-bond donors (Lipinski definition) is 3. The van der Waals surface area contributed by atoms with Gasteiger partial charge < -0.3 is 15.4 Å². The quantitative estimate of drug-likeness (QED) is 0.508. The van der Waals surface area contributed by atoms with Gasteiger partial charge in [0.1, 0.15) is 5.52 Å². The predicted molar refractivity (Wildman–Crippen MR) is 58.5 cm³/mol. The van der Waals surface area contributed by atoms with Gasteiger partial charge in [-0.2, -0.15) is 0 Å². The fourth-order valence-electron chi connectivity index (χ4n) is 1.42. The summed E-state index contributed by atoms with van der Waals surface area (Å²) < 4.78 is 1.87. The van der Waals surface area contributed by atoms with Crippen LogP contribution in [0.3, 0.4) is 0 Å². The van der Waals surface area contributed by atoms with Gasteiger partial charge in [0.25, 0.3) is 0 Å². The molecule has 0 aliphatic carbocycles. The molecule has 0 unspecified atom stereocenters. The Labute approximate surface area is 86.8 Å². The fourth-order valence-corrected chi connectivity index (χ4v) is 1.67. The van der Waals surface area contributed by atoms with Crippen molar-refractivity contribution in [3.8, 4) is 0 Å². The van der Waals surface area contributed by atoms with E-state index in [1.54, 1.807) is 12.4 Å². The number of hydrogen-bond acceptors (Lipinski definition) is 4. The van der Waals surface area contributed by atoms with E-state index < -0.39 is 0 Å². The molecule has 0 atom stereocenters. The first kappa shape index (κ1) is 9.36. The van der Waals surface area contributed by atoms with Crippen molar-refractivity contribution < 1.29 is 5.11 Å². The number of aliphatic hydroxyl groups excluding tert-OH is 1. The minimum atomic E-state index is 0.0950. The molecule has 0 saturated heterocycles. The number of fused-ring (bicyclic) bond motifs is 1. The van der Waals surface area contributed by atoms with E-state index in [-0.39, 0.29) is 6.61 Å². The summed E-state index contributed by atoms with van der Waals surface area (Å²) in [6, 6.07) is 3.67. The summed E-state index contributed by atoms with van der Waals surface area (Å²) in [5.74, 6) is 0. The van der Waals surface area contributed by atoms with E-state index in [4.69, 9.17) is 10.8 Å². The van der Waals surface area contributed by atoms with Crippen LogP contribution in [0.25, 0.3) is 11.0 Å². The van der Waals surface area contributed by atoms with Gasteiger partial charge in [0, 0.05) is 12.2 Å². The molecule has 0 aliphatic rings. The normalized spacial score (nSPS) is 11.0. The molecule has 2 rings (SSSR count). The molecular formula is C9H11N3OS. The van der Waals surface area contributed by atoms with Crippen LogP contribution in [0.5, 0.6) is 0 Å². The second kappa shape index (κ2) is 3.51. The first-order valence-corrected chi connectivity index (χ1v) is 4.72. The summed E-state index contributed by atoms with van der Waals surface area (Å²) in [5, 5.41) is 8.83. The smallest absolute Gasteiger partial charge is 0.104 e. The number of imidazole rings is 1. The van der Waals surface area contributed by atoms with E-state index in [2.05, 4.69) is 17.6 Å². The van der Waals surface area contributed by atoms with E-state index in [0.717, 1.165) is 11.0 Å². The Hall–Kier alpha value is -1.20. The molecule has 4 nitrogen and oxygen atoms in total. The van der Waals surface area contributed by atoms with Crippen LogP contribution >= 0.6 is 12.6 Å². The van der Waals surface area contributed by atoms with E-state index in [1.807, 2.05) is 10.6 Å². The number of benzene rings is 1. The number of aromatic nitrogens is 2. The Bertz CT molecular complexity index is 466. The van der Waals surface area contributed by atoms with Crippen molar-refractivity contribution in [1.29, 1.82) is 0 Å². The number of aliphatic hydroxyl groups is 1. The summed E-state index contributed by atoms with van der Waals surface area (Å²) in [6.07, 6.45) is 1.68. The molecule has 5 heteroatoms. The molecule has 0 radical (unpaired) electrons. The van der Waals surface area contributed by atoms with Crippen molar-refractivity contribution in [2.45, 2.75) is 11.4 Å². The first-order chi connectivity index (χ1) is 6.74. The Balaban J connectivity index is 2.64. The van der Waals surface area contributed by atoms with Gasteiger partial charge in [-0.3, -0.25) is 0 Å². The van der Waals surface area contributed by atoms with Crippen molar-refractivity contribution in [3.63, 3.8) is 0 Å². The van der Waals surface area contributed by atoms with Crippen LogP contribution in [-0.2, 0) is 6.54 Å². The summed E-state index contributed by atoms with van der Waals surface area (Å²) in [7, 11) is 0. The van der Waals surface area contributed by atoms with E-state index in [1.165, 1.54) is 0 Å². The molecule has 0 amide bonds. The average molecular weight is 209 g/mol. The lowest BCUT2D eigenvalue weighted by Gasteiger charge is -2.02. The summed E-state index contributed by atoms with van der Waals surface area (Å²) in [5.41, 5.74) is 8.04. The average Bonchev–Trinajstić information content (AvgIpc) is 2.57. The Morgan fingerprint density at radius 1 is 1.50 bits per heavy atom. The highest BCUT2D eigenvalue weighted by Crippen LogP contribution is 2.25. The Kier molecular flexibility index (Phi) is 2.35. The molecule has 0 spiro atoms. The monoisotopic (exact) mass is 209 g/mol. The lowest BCUT2D eigenvalue weighted by Crippen LogP contribution is -2.00. The molecule has 1 aromatic heterocycles. The van der Waals surface area contributed by atoms with Crippen LogP contribution in [0.2, 0.25) is 0 Å². The van der Waals surface area contributed by atoms with Crippen molar-refractivity contribution in [2.75, 3.05) is 12.3 Å². The third-order valence-electron chi connectivity index (χ3n) is 2.14. The first-order valence-electron chi connectivity index (χ1n) is 4.27. The number of rotatable bonds is 2. The molecule has 74 valence electrons. The van der Waals surface area contributed by atoms with Gasteiger partial charge in [-0.1, -0.05) is 0 Å². The molecule has 1 aromatic carbocycles. The zero-order chi connectivity index (χ0) is 10.1. The number of nitrogen functional groups attached to an aromatic ring is 1. The summed E-state index contributed by atoms with van der Waals surface area (Å²) in [4.78, 5) is 4.89. The number of anilines is 1. The van der Waals surface area contributed by atoms with Crippen LogP contribution in [0, 0.1) is 0 Å². The maximum Gasteiger partial charge on any atom is 0.104 e. The number of thiol groups is 1. The Morgan fingerprint density at radius 2 is 2.29 bits per heavy atom. The molecule has 14 heavy (non-hydrogen) atoms. The van der Waals surface area contributed by atoms with Crippen LogP contribution in [0.15, 0.2) is 23.4 Å². The van der Waals surface area contributed by atoms with E-state index in [9.17, 15) is 0 Å². The third-order valence-corrected chi connectivity index (χ3v) is 2.61. The highest BCUT2D eigenvalue weighted by Gasteiger charge is 2.06. The van der Waals surface area contributed by atoms with Gasteiger partial charge in [0.15, 0.2) is 0 Å². The van der Waals surface area contributed by atoms with Crippen molar-refractivity contribution in [2.24, 2.45) is 0 Å². The summed E-state index contributed by atoms with van der Waals surface area (Å²) in [6.45, 7) is 0.630. The molecule has 0 bridgehead atoms. The topological polar surface area (TPSA) is 64.1 Å². The lowest BCUT2D eigenvalue weighted by atomic mass is 10.3. The van der Waals surface area contributed by atoms with Crippen LogP contribution < -0.4 is 5.73 Å². The maximum atomic E-state index is 8.83. The van der Waals surface area contributed by atoms with Crippen LogP contribution in [-0.4, -0.2) is 21.3 Å². The SMILES string of the molecule is Nc1ccc2c(ncn2CCO)c1S. The van der Waals surface area contributed by atoms with E-state index >= 15 is 0 Å². The van der Waals surface area contributed by atoms with Gasteiger partial charge in [0.2, 0.25) is 0 Å². The highest BCUT2D eigenvalue weighted by molar-refractivity contribution is 7.80. The van der Waals surface area contributed by atoms with Crippen LogP contribution in [0.4, 0.5) is 5.69 Å². The number of nitrogens with two attached hydrogens (primary N) is 1. The second-order valence-corrected chi connectivity index (χ2v) is 3.48. The molecule has 0 saturated carbocycles. The molecule has 2 aromatic rings. The van der Waals surface area contributed by atoms with Gasteiger partial charge in [-0.15, -0.1) is 12.6 Å². The Morgan fingerprint density at radius 3 is 3.00 bits per heavy atom. The highest BCUT2D eigenvalue weighted by atomic mass is 32.1. The van der Waals surface area contributed by atoms with Gasteiger partial charge in [0.05, 0.1) is 23.3 Å². The molecule has 0 aliphatic heterocycles. The van der Waals surface area contributed by atoms with Crippen molar-refractivity contribution in [3.05, 3.63) is 18.5 Å². The van der Waals surface area contributed by atoms with Gasteiger partial charge >= 0.3 is 0 Å². The van der Waals surface area contributed by atoms with Crippen LogP contribution in [0.1, 0.15) is 0 Å². The van der Waals surface area contributed by atoms with Gasteiger partial charge in [-0.05, 0) is 12.1 Å². The van der Waals surface area contributed by atoms with Crippen molar-refractivity contribution >= 4 is 29.3 Å². The largest absolute Gasteiger partial charge is 0.398 e. The van der Waals surface area contributed by atoms with Crippen molar-refractivity contribution in [1.82, 2.24) is 9.55 Å². The zero-order valence-electron chi connectivity index (χ0n) is 7.51. The fraction of sp³-hybridized carbons (Fsp3) is 0.222. The van der Waals surface area contributed by atoms with Gasteiger partial charge in [-0.25, -0.2) is 4.98 Å². The summed E-state index contributed by atoms with van der Waals surface area (Å²) >= 11 is 4.28. The standard InChI is InChI=1S/C9H11N3OS/c10-6-1-2-7-8(9(6)14)11-5-12(7)3-4-13/h1-2,5,13-14H,3-4,10H2. The predicted octanol–water partition coefficient (Wildman–Crippen LogP) is 0.899.